The molecule has 162 valence electrons. The van der Waals surface area contributed by atoms with Crippen LogP contribution in [0.2, 0.25) is 0 Å². The van der Waals surface area contributed by atoms with Crippen molar-refractivity contribution in [2.24, 2.45) is 0 Å². The van der Waals surface area contributed by atoms with Crippen LogP contribution in [-0.4, -0.2) is 28.8 Å². The number of amides is 1. The third kappa shape index (κ3) is 6.28. The number of hydrogen-bond acceptors (Lipinski definition) is 4. The van der Waals surface area contributed by atoms with E-state index >= 15 is 0 Å². The molecule has 0 unspecified atom stereocenters. The molecule has 0 saturated heterocycles. The molecule has 1 aromatic heterocycles. The van der Waals surface area contributed by atoms with Gasteiger partial charge in [0.1, 0.15) is 0 Å². The molecule has 0 fully saturated rings. The number of nitrogens with one attached hydrogen (secondary N) is 1. The van der Waals surface area contributed by atoms with Gasteiger partial charge in [0.2, 0.25) is 5.91 Å². The maximum atomic E-state index is 12.3. The van der Waals surface area contributed by atoms with Crippen LogP contribution in [0.5, 0.6) is 0 Å². The van der Waals surface area contributed by atoms with Gasteiger partial charge in [-0.05, 0) is 62.7 Å². The van der Waals surface area contributed by atoms with Crippen LogP contribution < -0.4 is 15.8 Å². The molecule has 31 heavy (non-hydrogen) atoms. The largest absolute Gasteiger partial charge is 0.372 e. The molecule has 7 heteroatoms. The number of carbonyl (C=O) groups is 1. The van der Waals surface area contributed by atoms with Crippen LogP contribution in [0, 0.1) is 0 Å². The molecule has 0 aliphatic rings. The van der Waals surface area contributed by atoms with Crippen LogP contribution >= 0.6 is 15.9 Å². The van der Waals surface area contributed by atoms with E-state index in [2.05, 4.69) is 45.1 Å². The van der Waals surface area contributed by atoms with Crippen molar-refractivity contribution in [3.8, 4) is 11.3 Å². The fraction of sp³-hybridized carbons (Fsp3) is 0.292. The molecule has 0 aliphatic carbocycles. The monoisotopic (exact) mass is 482 g/mol. The average molecular weight is 483 g/mol. The van der Waals surface area contributed by atoms with Gasteiger partial charge in [0.15, 0.2) is 0 Å². The summed E-state index contributed by atoms with van der Waals surface area (Å²) in [6.45, 7) is 6.51. The summed E-state index contributed by atoms with van der Waals surface area (Å²) in [5.74, 6) is -0.0762. The second-order valence-corrected chi connectivity index (χ2v) is 8.07. The van der Waals surface area contributed by atoms with E-state index in [9.17, 15) is 9.59 Å². The fourth-order valence-electron chi connectivity index (χ4n) is 3.34. The lowest BCUT2D eigenvalue weighted by molar-refractivity contribution is -0.116. The van der Waals surface area contributed by atoms with Gasteiger partial charge in [-0.3, -0.25) is 9.59 Å². The van der Waals surface area contributed by atoms with Crippen LogP contribution in [0.1, 0.15) is 26.7 Å². The molecule has 1 heterocycles. The van der Waals surface area contributed by atoms with E-state index in [1.165, 1.54) is 10.7 Å². The Morgan fingerprint density at radius 3 is 2.32 bits per heavy atom. The Labute approximate surface area is 191 Å². The van der Waals surface area contributed by atoms with Crippen molar-refractivity contribution in [3.05, 3.63) is 75.5 Å². The number of benzene rings is 2. The molecule has 1 amide bonds. The Bertz CT molecular complexity index is 1060. The van der Waals surface area contributed by atoms with Crippen molar-refractivity contribution >= 4 is 33.2 Å². The summed E-state index contributed by atoms with van der Waals surface area (Å²) in [6, 6.07) is 18.9. The molecule has 0 radical (unpaired) electrons. The zero-order chi connectivity index (χ0) is 22.2. The first-order chi connectivity index (χ1) is 15.0. The van der Waals surface area contributed by atoms with E-state index in [0.717, 1.165) is 40.2 Å². The van der Waals surface area contributed by atoms with Gasteiger partial charge < -0.3 is 10.2 Å². The van der Waals surface area contributed by atoms with Gasteiger partial charge >= 0.3 is 0 Å². The van der Waals surface area contributed by atoms with Crippen LogP contribution in [-0.2, 0) is 11.3 Å². The van der Waals surface area contributed by atoms with Crippen molar-refractivity contribution in [2.75, 3.05) is 23.3 Å². The number of halogens is 1. The molecule has 1 N–H and O–H groups in total. The molecule has 0 bridgehead atoms. The maximum absolute atomic E-state index is 12.3. The standard InChI is InChI=1S/C24H27BrN4O2/c1-3-28(4-2)21-13-11-20(12-14-21)26-23(30)6-5-17-29-24(31)16-15-22(27-29)18-7-9-19(25)10-8-18/h7-16H,3-6,17H2,1-2H3,(H,26,30). The van der Waals surface area contributed by atoms with Gasteiger partial charge in [0, 0.05) is 53.5 Å². The lowest BCUT2D eigenvalue weighted by atomic mass is 10.1. The van der Waals surface area contributed by atoms with E-state index in [1.54, 1.807) is 6.07 Å². The van der Waals surface area contributed by atoms with Gasteiger partial charge in [0.25, 0.3) is 5.56 Å². The Hall–Kier alpha value is -2.93. The number of rotatable bonds is 9. The predicted octanol–water partition coefficient (Wildman–Crippen LogP) is 4.94. The Kier molecular flexibility index (Phi) is 8.00. The van der Waals surface area contributed by atoms with Crippen molar-refractivity contribution < 1.29 is 4.79 Å². The van der Waals surface area contributed by atoms with Crippen molar-refractivity contribution in [3.63, 3.8) is 0 Å². The number of anilines is 2. The Balaban J connectivity index is 1.55. The van der Waals surface area contributed by atoms with E-state index in [-0.39, 0.29) is 11.5 Å². The number of carbonyl (C=O) groups excluding carboxylic acids is 1. The van der Waals surface area contributed by atoms with Crippen molar-refractivity contribution in [1.82, 2.24) is 9.78 Å². The highest BCUT2D eigenvalue weighted by molar-refractivity contribution is 9.10. The topological polar surface area (TPSA) is 67.2 Å². The maximum Gasteiger partial charge on any atom is 0.266 e. The summed E-state index contributed by atoms with van der Waals surface area (Å²) < 4.78 is 2.40. The van der Waals surface area contributed by atoms with Crippen LogP contribution in [0.3, 0.4) is 0 Å². The van der Waals surface area contributed by atoms with Crippen molar-refractivity contribution in [2.45, 2.75) is 33.2 Å². The molecule has 3 rings (SSSR count). The number of nitrogens with zero attached hydrogens (tertiary/aromatic N) is 3. The van der Waals surface area contributed by atoms with E-state index in [0.29, 0.717) is 19.4 Å². The summed E-state index contributed by atoms with van der Waals surface area (Å²) >= 11 is 3.42. The third-order valence-electron chi connectivity index (χ3n) is 5.06. The summed E-state index contributed by atoms with van der Waals surface area (Å²) in [5.41, 5.74) is 3.40. The molecule has 6 nitrogen and oxygen atoms in total. The van der Waals surface area contributed by atoms with Gasteiger partial charge in [-0.2, -0.15) is 5.10 Å². The number of hydrogen-bond donors (Lipinski definition) is 1. The van der Waals surface area contributed by atoms with Crippen molar-refractivity contribution in [1.29, 1.82) is 0 Å². The predicted molar refractivity (Wildman–Crippen MR) is 129 cm³/mol. The van der Waals surface area contributed by atoms with Gasteiger partial charge in [-0.15, -0.1) is 0 Å². The molecule has 0 aliphatic heterocycles. The second-order valence-electron chi connectivity index (χ2n) is 7.16. The van der Waals surface area contributed by atoms with Crippen LogP contribution in [0.15, 0.2) is 69.9 Å². The van der Waals surface area contributed by atoms with Gasteiger partial charge in [-0.25, -0.2) is 4.68 Å². The van der Waals surface area contributed by atoms with E-state index in [1.807, 2.05) is 48.5 Å². The quantitative estimate of drug-likeness (QED) is 0.468. The first-order valence-corrected chi connectivity index (χ1v) is 11.3. The highest BCUT2D eigenvalue weighted by atomic mass is 79.9. The Morgan fingerprint density at radius 2 is 1.68 bits per heavy atom. The molecule has 0 atom stereocenters. The lowest BCUT2D eigenvalue weighted by Crippen LogP contribution is -2.23. The number of aromatic nitrogens is 2. The first kappa shape index (κ1) is 22.7. The minimum absolute atomic E-state index is 0.0762. The smallest absolute Gasteiger partial charge is 0.266 e. The zero-order valence-corrected chi connectivity index (χ0v) is 19.4. The van der Waals surface area contributed by atoms with Crippen LogP contribution in [0.4, 0.5) is 11.4 Å². The fourth-order valence-corrected chi connectivity index (χ4v) is 3.61. The summed E-state index contributed by atoms with van der Waals surface area (Å²) in [7, 11) is 0. The minimum Gasteiger partial charge on any atom is -0.372 e. The first-order valence-electron chi connectivity index (χ1n) is 10.5. The normalized spacial score (nSPS) is 10.7. The summed E-state index contributed by atoms with van der Waals surface area (Å²) in [5, 5.41) is 7.37. The lowest BCUT2D eigenvalue weighted by Gasteiger charge is -2.21. The van der Waals surface area contributed by atoms with E-state index in [4.69, 9.17) is 0 Å². The molecule has 2 aromatic carbocycles. The third-order valence-corrected chi connectivity index (χ3v) is 5.59. The highest BCUT2D eigenvalue weighted by Gasteiger charge is 2.07. The molecule has 3 aromatic rings. The van der Waals surface area contributed by atoms with Gasteiger partial charge in [-0.1, -0.05) is 28.1 Å². The molecule has 0 spiro atoms. The molecule has 0 saturated carbocycles. The SMILES string of the molecule is CCN(CC)c1ccc(NC(=O)CCCn2nc(-c3ccc(Br)cc3)ccc2=O)cc1. The highest BCUT2D eigenvalue weighted by Crippen LogP contribution is 2.19. The minimum atomic E-state index is -0.173. The van der Waals surface area contributed by atoms with Gasteiger partial charge in [0.05, 0.1) is 5.69 Å². The zero-order valence-electron chi connectivity index (χ0n) is 17.8. The van der Waals surface area contributed by atoms with E-state index < -0.39 is 0 Å². The molecular weight excluding hydrogens is 456 g/mol. The number of aryl methyl sites for hydroxylation is 1. The summed E-state index contributed by atoms with van der Waals surface area (Å²) in [6.07, 6.45) is 0.842. The second kappa shape index (κ2) is 10.9. The molecular formula is C24H27BrN4O2. The van der Waals surface area contributed by atoms with Crippen LogP contribution in [0.25, 0.3) is 11.3 Å². The summed E-state index contributed by atoms with van der Waals surface area (Å²) in [4.78, 5) is 26.7. The average Bonchev–Trinajstić information content (AvgIpc) is 2.77. The Morgan fingerprint density at radius 1 is 1.00 bits per heavy atom.